The van der Waals surface area contributed by atoms with Crippen LogP contribution >= 0.6 is 0 Å². The minimum Gasteiger partial charge on any atom is -0.394 e. The van der Waals surface area contributed by atoms with Crippen LogP contribution in [0.2, 0.25) is 0 Å². The maximum absolute atomic E-state index is 11.4. The highest BCUT2D eigenvalue weighted by Crippen LogP contribution is 2.10. The molecule has 82 valence electrons. The van der Waals surface area contributed by atoms with Crippen LogP contribution in [0.15, 0.2) is 15.7 Å². The Morgan fingerprint density at radius 1 is 1.60 bits per heavy atom. The minimum atomic E-state index is -0.462. The molecule has 6 nitrogen and oxygen atoms in total. The fourth-order valence-electron chi connectivity index (χ4n) is 1.63. The number of nitrogens with one attached hydrogen (secondary N) is 1. The van der Waals surface area contributed by atoms with Gasteiger partial charge in [0.05, 0.1) is 12.7 Å². The molecule has 1 atom stereocenters. The summed E-state index contributed by atoms with van der Waals surface area (Å²) in [7, 11) is 0. The lowest BCUT2D eigenvalue weighted by molar-refractivity contribution is -0.0213. The van der Waals surface area contributed by atoms with Crippen molar-refractivity contribution in [3.63, 3.8) is 0 Å². The van der Waals surface area contributed by atoms with E-state index in [-0.39, 0.29) is 19.4 Å². The Hall–Kier alpha value is -1.40. The molecule has 0 saturated carbocycles. The predicted octanol–water partition coefficient (Wildman–Crippen LogP) is -1.18. The van der Waals surface area contributed by atoms with Crippen molar-refractivity contribution < 1.29 is 9.84 Å². The Kier molecular flexibility index (Phi) is 2.70. The molecular weight excluding hydrogens is 200 g/mol. The van der Waals surface area contributed by atoms with Crippen LogP contribution in [0, 0.1) is 0 Å². The largest absolute Gasteiger partial charge is 0.394 e. The standard InChI is InChI=1S/C9H12N2O4/c12-4-7-2-1-6-3-8(13)10-9(14)11(6)5-15-7/h3,7,12H,1-2,4-5H2,(H,10,13,14). The number of fused-ring (bicyclic) bond motifs is 1. The highest BCUT2D eigenvalue weighted by Gasteiger charge is 2.16. The second-order valence-electron chi connectivity index (χ2n) is 3.50. The summed E-state index contributed by atoms with van der Waals surface area (Å²) in [5.74, 6) is 0. The van der Waals surface area contributed by atoms with Crippen molar-refractivity contribution >= 4 is 0 Å². The lowest BCUT2D eigenvalue weighted by atomic mass is 10.1. The van der Waals surface area contributed by atoms with Crippen LogP contribution in [0.1, 0.15) is 12.1 Å². The van der Waals surface area contributed by atoms with E-state index in [2.05, 4.69) is 4.98 Å². The third-order valence-electron chi connectivity index (χ3n) is 2.49. The Bertz CT molecular complexity index is 462. The maximum atomic E-state index is 11.4. The molecule has 2 N–H and O–H groups in total. The van der Waals surface area contributed by atoms with Gasteiger partial charge in [0.1, 0.15) is 6.73 Å². The second-order valence-corrected chi connectivity index (χ2v) is 3.50. The first-order valence-electron chi connectivity index (χ1n) is 4.76. The van der Waals surface area contributed by atoms with E-state index in [1.165, 1.54) is 10.6 Å². The Labute approximate surface area is 85.1 Å². The number of rotatable bonds is 1. The molecular formula is C9H12N2O4. The molecule has 1 aliphatic heterocycles. The van der Waals surface area contributed by atoms with E-state index in [9.17, 15) is 9.59 Å². The Morgan fingerprint density at radius 3 is 3.13 bits per heavy atom. The molecule has 0 aliphatic carbocycles. The first-order chi connectivity index (χ1) is 7.20. The van der Waals surface area contributed by atoms with Gasteiger partial charge < -0.3 is 9.84 Å². The van der Waals surface area contributed by atoms with Crippen molar-refractivity contribution in [3.8, 4) is 0 Å². The maximum Gasteiger partial charge on any atom is 0.330 e. The van der Waals surface area contributed by atoms with Gasteiger partial charge in [0.15, 0.2) is 0 Å². The molecule has 0 fully saturated rings. The molecule has 2 rings (SSSR count). The van der Waals surface area contributed by atoms with Gasteiger partial charge in [0, 0.05) is 11.8 Å². The highest BCUT2D eigenvalue weighted by atomic mass is 16.5. The van der Waals surface area contributed by atoms with Gasteiger partial charge in [-0.3, -0.25) is 14.3 Å². The second kappa shape index (κ2) is 4.00. The van der Waals surface area contributed by atoms with Crippen molar-refractivity contribution in [2.45, 2.75) is 25.7 Å². The number of aryl methyl sites for hydroxylation is 1. The Balaban J connectivity index is 2.39. The number of ether oxygens (including phenoxy) is 1. The first-order valence-corrected chi connectivity index (χ1v) is 4.76. The lowest BCUT2D eigenvalue weighted by Gasteiger charge is -2.10. The Morgan fingerprint density at radius 2 is 2.40 bits per heavy atom. The monoisotopic (exact) mass is 212 g/mol. The summed E-state index contributed by atoms with van der Waals surface area (Å²) in [4.78, 5) is 24.6. The fourth-order valence-corrected chi connectivity index (χ4v) is 1.63. The number of aliphatic hydroxyl groups is 1. The average Bonchev–Trinajstić information content (AvgIpc) is 2.40. The number of aromatic amines is 1. The van der Waals surface area contributed by atoms with E-state index in [1.54, 1.807) is 0 Å². The number of H-pyrrole nitrogens is 1. The molecule has 0 aromatic carbocycles. The average molecular weight is 212 g/mol. The number of hydrogen-bond acceptors (Lipinski definition) is 4. The normalized spacial score (nSPS) is 20.7. The summed E-state index contributed by atoms with van der Waals surface area (Å²) in [6.07, 6.45) is 0.906. The van der Waals surface area contributed by atoms with E-state index in [0.717, 1.165) is 0 Å². The lowest BCUT2D eigenvalue weighted by Crippen LogP contribution is -2.32. The number of hydrogen-bond donors (Lipinski definition) is 2. The molecule has 1 aliphatic rings. The molecule has 1 aromatic rings. The van der Waals surface area contributed by atoms with E-state index in [1.807, 2.05) is 0 Å². The SMILES string of the molecule is O=c1cc2n(c(=O)[nH]1)COC(CO)CC2. The van der Waals surface area contributed by atoms with Gasteiger partial charge in [-0.05, 0) is 12.8 Å². The van der Waals surface area contributed by atoms with E-state index < -0.39 is 11.2 Å². The molecule has 15 heavy (non-hydrogen) atoms. The summed E-state index contributed by atoms with van der Waals surface area (Å²) in [5.41, 5.74) is -0.204. The van der Waals surface area contributed by atoms with Crippen molar-refractivity contribution in [1.82, 2.24) is 9.55 Å². The summed E-state index contributed by atoms with van der Waals surface area (Å²) in [6.45, 7) is 0.00680. The molecule has 0 saturated heterocycles. The number of nitrogens with zero attached hydrogens (tertiary/aromatic N) is 1. The predicted molar refractivity (Wildman–Crippen MR) is 51.6 cm³/mol. The molecule has 1 aromatic heterocycles. The topological polar surface area (TPSA) is 84.3 Å². The van der Waals surface area contributed by atoms with E-state index in [0.29, 0.717) is 18.5 Å². The summed E-state index contributed by atoms with van der Waals surface area (Å²) in [6, 6.07) is 1.39. The van der Waals surface area contributed by atoms with Crippen molar-refractivity contribution in [2.75, 3.05) is 6.61 Å². The number of aromatic nitrogens is 2. The van der Waals surface area contributed by atoms with Gasteiger partial charge in [0.25, 0.3) is 5.56 Å². The zero-order valence-corrected chi connectivity index (χ0v) is 8.10. The van der Waals surface area contributed by atoms with Crippen LogP contribution in [-0.4, -0.2) is 27.4 Å². The molecule has 2 heterocycles. The van der Waals surface area contributed by atoms with Crippen LogP contribution in [0.3, 0.4) is 0 Å². The molecule has 0 radical (unpaired) electrons. The van der Waals surface area contributed by atoms with Crippen LogP contribution in [-0.2, 0) is 17.9 Å². The van der Waals surface area contributed by atoms with Crippen LogP contribution in [0.5, 0.6) is 0 Å². The molecule has 0 bridgehead atoms. The van der Waals surface area contributed by atoms with Gasteiger partial charge in [-0.2, -0.15) is 0 Å². The zero-order valence-electron chi connectivity index (χ0n) is 8.10. The summed E-state index contributed by atoms with van der Waals surface area (Å²) in [5, 5.41) is 8.94. The van der Waals surface area contributed by atoms with Crippen LogP contribution < -0.4 is 11.2 Å². The van der Waals surface area contributed by atoms with Gasteiger partial charge in [-0.1, -0.05) is 0 Å². The fraction of sp³-hybridized carbons (Fsp3) is 0.556. The van der Waals surface area contributed by atoms with Crippen LogP contribution in [0.25, 0.3) is 0 Å². The van der Waals surface area contributed by atoms with Crippen LogP contribution in [0.4, 0.5) is 0 Å². The third-order valence-corrected chi connectivity index (χ3v) is 2.49. The minimum absolute atomic E-state index is 0.0727. The van der Waals surface area contributed by atoms with E-state index >= 15 is 0 Å². The highest BCUT2D eigenvalue weighted by molar-refractivity contribution is 5.02. The van der Waals surface area contributed by atoms with Gasteiger partial charge in [0.2, 0.25) is 0 Å². The smallest absolute Gasteiger partial charge is 0.330 e. The molecule has 6 heteroatoms. The summed E-state index contributed by atoms with van der Waals surface area (Å²) >= 11 is 0. The third kappa shape index (κ3) is 2.00. The first kappa shape index (κ1) is 10.1. The van der Waals surface area contributed by atoms with Gasteiger partial charge >= 0.3 is 5.69 Å². The van der Waals surface area contributed by atoms with Gasteiger partial charge in [-0.15, -0.1) is 0 Å². The molecule has 0 amide bonds. The van der Waals surface area contributed by atoms with Gasteiger partial charge in [-0.25, -0.2) is 4.79 Å². The van der Waals surface area contributed by atoms with Crippen molar-refractivity contribution in [2.24, 2.45) is 0 Å². The molecule has 1 unspecified atom stereocenters. The quantitative estimate of drug-likeness (QED) is 0.613. The molecule has 0 spiro atoms. The summed E-state index contributed by atoms with van der Waals surface area (Å²) < 4.78 is 6.66. The zero-order chi connectivity index (χ0) is 10.8. The number of aliphatic hydroxyl groups excluding tert-OH is 1. The van der Waals surface area contributed by atoms with Crippen molar-refractivity contribution in [1.29, 1.82) is 0 Å². The van der Waals surface area contributed by atoms with E-state index in [4.69, 9.17) is 9.84 Å². The van der Waals surface area contributed by atoms with Crippen molar-refractivity contribution in [3.05, 3.63) is 32.6 Å².